The van der Waals surface area contributed by atoms with Gasteiger partial charge in [0.2, 0.25) is 6.08 Å². The predicted molar refractivity (Wildman–Crippen MR) is 43.3 cm³/mol. The van der Waals surface area contributed by atoms with Gasteiger partial charge in [0, 0.05) is 0 Å². The number of hydrogen-bond acceptors (Lipinski definition) is 2. The first kappa shape index (κ1) is 11.4. The van der Waals surface area contributed by atoms with Crippen LogP contribution in [0.15, 0.2) is 29.3 Å². The van der Waals surface area contributed by atoms with E-state index in [-0.39, 0.29) is 5.56 Å². The van der Waals surface area contributed by atoms with Crippen molar-refractivity contribution in [2.75, 3.05) is 0 Å². The van der Waals surface area contributed by atoms with E-state index in [1.54, 1.807) is 0 Å². The average molecular weight is 219 g/mol. The second kappa shape index (κ2) is 4.23. The fourth-order valence-electron chi connectivity index (χ4n) is 1.03. The molecule has 80 valence electrons. The van der Waals surface area contributed by atoms with Crippen LogP contribution in [0.2, 0.25) is 0 Å². The minimum Gasteiger partial charge on any atom is -0.211 e. The van der Waals surface area contributed by atoms with E-state index in [2.05, 4.69) is 4.99 Å². The largest absolute Gasteiger partial charge is 0.415 e. The molecule has 0 aromatic heterocycles. The van der Waals surface area contributed by atoms with Crippen molar-refractivity contribution in [1.82, 2.24) is 0 Å². The lowest BCUT2D eigenvalue weighted by atomic mass is 10.1. The number of hydrogen-bond donors (Lipinski definition) is 0. The Morgan fingerprint density at radius 3 is 2.13 bits per heavy atom. The van der Waals surface area contributed by atoms with Gasteiger partial charge in [0.15, 0.2) is 6.04 Å². The van der Waals surface area contributed by atoms with Crippen LogP contribution in [0.5, 0.6) is 0 Å². The molecule has 0 aliphatic rings. The molecule has 0 spiro atoms. The van der Waals surface area contributed by atoms with E-state index in [0.29, 0.717) is 0 Å². The minimum absolute atomic E-state index is 0.299. The molecule has 15 heavy (non-hydrogen) atoms. The molecule has 0 radical (unpaired) electrons. The third-order valence-electron chi connectivity index (χ3n) is 1.68. The minimum atomic E-state index is -4.69. The van der Waals surface area contributed by atoms with Gasteiger partial charge in [-0.3, -0.25) is 0 Å². The third kappa shape index (κ3) is 2.89. The molecule has 0 aliphatic heterocycles. The van der Waals surface area contributed by atoms with Crippen LogP contribution in [0, 0.1) is 5.82 Å². The van der Waals surface area contributed by atoms with Crippen molar-refractivity contribution in [3.05, 3.63) is 35.6 Å². The van der Waals surface area contributed by atoms with Crippen molar-refractivity contribution in [1.29, 1.82) is 0 Å². The lowest BCUT2D eigenvalue weighted by molar-refractivity contribution is -0.148. The van der Waals surface area contributed by atoms with Crippen LogP contribution in [0.1, 0.15) is 11.6 Å². The van der Waals surface area contributed by atoms with Crippen molar-refractivity contribution in [3.8, 4) is 0 Å². The van der Waals surface area contributed by atoms with Crippen LogP contribution in [0.25, 0.3) is 0 Å². The summed E-state index contributed by atoms with van der Waals surface area (Å²) >= 11 is 0. The Morgan fingerprint density at radius 1 is 1.20 bits per heavy atom. The lowest BCUT2D eigenvalue weighted by Gasteiger charge is -2.14. The highest BCUT2D eigenvalue weighted by atomic mass is 19.4. The van der Waals surface area contributed by atoms with Gasteiger partial charge < -0.3 is 0 Å². The number of benzene rings is 1. The Kier molecular flexibility index (Phi) is 3.21. The summed E-state index contributed by atoms with van der Waals surface area (Å²) in [6.07, 6.45) is -3.84. The van der Waals surface area contributed by atoms with E-state index in [0.717, 1.165) is 30.3 Å². The van der Waals surface area contributed by atoms with E-state index in [4.69, 9.17) is 0 Å². The van der Waals surface area contributed by atoms with Crippen molar-refractivity contribution < 1.29 is 22.4 Å². The predicted octanol–water partition coefficient (Wildman–Crippen LogP) is 2.76. The molecule has 0 bridgehead atoms. The average Bonchev–Trinajstić information content (AvgIpc) is 2.14. The quantitative estimate of drug-likeness (QED) is 0.427. The van der Waals surface area contributed by atoms with E-state index in [1.807, 2.05) is 0 Å². The van der Waals surface area contributed by atoms with Crippen LogP contribution in [-0.2, 0) is 4.79 Å². The number of nitrogens with zero attached hydrogens (tertiary/aromatic N) is 1. The molecule has 1 aromatic rings. The fraction of sp³-hybridized carbons (Fsp3) is 0.222. The van der Waals surface area contributed by atoms with Crippen LogP contribution in [0.4, 0.5) is 17.6 Å². The zero-order valence-corrected chi connectivity index (χ0v) is 7.25. The molecule has 1 atom stereocenters. The lowest BCUT2D eigenvalue weighted by Crippen LogP contribution is -2.18. The first-order chi connectivity index (χ1) is 6.95. The van der Waals surface area contributed by atoms with Gasteiger partial charge in [0.25, 0.3) is 0 Å². The summed E-state index contributed by atoms with van der Waals surface area (Å²) in [6.45, 7) is 0. The third-order valence-corrected chi connectivity index (χ3v) is 1.68. The Bertz CT molecular complexity index is 378. The molecule has 2 nitrogen and oxygen atoms in total. The van der Waals surface area contributed by atoms with Crippen molar-refractivity contribution >= 4 is 6.08 Å². The van der Waals surface area contributed by atoms with Crippen molar-refractivity contribution in [2.45, 2.75) is 12.2 Å². The monoisotopic (exact) mass is 219 g/mol. The van der Waals surface area contributed by atoms with Crippen molar-refractivity contribution in [2.24, 2.45) is 4.99 Å². The Morgan fingerprint density at radius 2 is 1.73 bits per heavy atom. The number of carbonyl (C=O) groups excluding carboxylic acids is 1. The molecule has 0 saturated heterocycles. The summed E-state index contributed by atoms with van der Waals surface area (Å²) < 4.78 is 49.4. The zero-order chi connectivity index (χ0) is 11.5. The molecule has 1 aromatic carbocycles. The Labute approximate surface area is 82.2 Å². The van der Waals surface area contributed by atoms with Crippen molar-refractivity contribution in [3.63, 3.8) is 0 Å². The van der Waals surface area contributed by atoms with E-state index in [9.17, 15) is 22.4 Å². The second-order valence-corrected chi connectivity index (χ2v) is 2.72. The standard InChI is InChI=1S/C9H5F4NO/c10-7-3-1-6(2-4-7)8(14-5-15)9(11,12)13/h1-4,8H. The fourth-order valence-corrected chi connectivity index (χ4v) is 1.03. The van der Waals surface area contributed by atoms with Crippen LogP contribution < -0.4 is 0 Å². The van der Waals surface area contributed by atoms with Gasteiger partial charge in [-0.15, -0.1) is 0 Å². The smallest absolute Gasteiger partial charge is 0.211 e. The van der Waals surface area contributed by atoms with Gasteiger partial charge in [-0.1, -0.05) is 12.1 Å². The van der Waals surface area contributed by atoms with Crippen LogP contribution in [0.3, 0.4) is 0 Å². The number of rotatable bonds is 2. The van der Waals surface area contributed by atoms with Gasteiger partial charge in [-0.2, -0.15) is 18.2 Å². The van der Waals surface area contributed by atoms with Gasteiger partial charge in [0.1, 0.15) is 5.82 Å². The van der Waals surface area contributed by atoms with Gasteiger partial charge in [0.05, 0.1) is 0 Å². The maximum atomic E-state index is 12.4. The number of halogens is 4. The molecule has 6 heteroatoms. The first-order valence-corrected chi connectivity index (χ1v) is 3.84. The topological polar surface area (TPSA) is 29.4 Å². The normalized spacial score (nSPS) is 13.1. The maximum Gasteiger partial charge on any atom is 0.415 e. The van der Waals surface area contributed by atoms with Crippen LogP contribution >= 0.6 is 0 Å². The van der Waals surface area contributed by atoms with E-state index >= 15 is 0 Å². The molecule has 1 rings (SSSR count). The van der Waals surface area contributed by atoms with E-state index in [1.165, 1.54) is 0 Å². The summed E-state index contributed by atoms with van der Waals surface area (Å²) in [5, 5.41) is 0. The highest BCUT2D eigenvalue weighted by Gasteiger charge is 2.41. The number of alkyl halides is 3. The molecule has 1 unspecified atom stereocenters. The molecular weight excluding hydrogens is 214 g/mol. The number of aliphatic imine (C=N–C) groups is 1. The van der Waals surface area contributed by atoms with E-state index < -0.39 is 18.0 Å². The molecule has 0 aliphatic carbocycles. The van der Waals surface area contributed by atoms with Gasteiger partial charge >= 0.3 is 6.18 Å². The summed E-state index contributed by atoms with van der Waals surface area (Å²) in [5.74, 6) is -0.658. The molecule has 0 saturated carbocycles. The molecule has 0 fully saturated rings. The highest BCUT2D eigenvalue weighted by Crippen LogP contribution is 2.35. The maximum absolute atomic E-state index is 12.4. The van der Waals surface area contributed by atoms with Gasteiger partial charge in [-0.05, 0) is 17.7 Å². The Balaban J connectivity index is 3.10. The molecule has 0 heterocycles. The highest BCUT2D eigenvalue weighted by molar-refractivity contribution is 5.36. The summed E-state index contributed by atoms with van der Waals surface area (Å²) in [5.41, 5.74) is -0.299. The van der Waals surface area contributed by atoms with Crippen LogP contribution in [-0.4, -0.2) is 12.3 Å². The molecule has 0 N–H and O–H groups in total. The first-order valence-electron chi connectivity index (χ1n) is 3.84. The number of isocyanates is 1. The summed E-state index contributed by atoms with van der Waals surface area (Å²) in [6, 6.07) is 1.31. The summed E-state index contributed by atoms with van der Waals surface area (Å²) in [4.78, 5) is 12.5. The second-order valence-electron chi connectivity index (χ2n) is 2.72. The van der Waals surface area contributed by atoms with Gasteiger partial charge in [-0.25, -0.2) is 9.18 Å². The SMILES string of the molecule is O=C=NC(c1ccc(F)cc1)C(F)(F)F. The molecule has 0 amide bonds. The zero-order valence-electron chi connectivity index (χ0n) is 7.25. The summed E-state index contributed by atoms with van der Waals surface area (Å²) in [7, 11) is 0. The Hall–Kier alpha value is -1.68. The molecular formula is C9H5F4NO.